The molecule has 0 radical (unpaired) electrons. The highest BCUT2D eigenvalue weighted by Gasteiger charge is 2.45. The molecule has 0 aliphatic carbocycles. The first kappa shape index (κ1) is 22.9. The first-order valence-corrected chi connectivity index (χ1v) is 11.5. The second kappa shape index (κ2) is 9.27. The Morgan fingerprint density at radius 3 is 2.34 bits per heavy atom. The molecule has 3 amide bonds. The van der Waals surface area contributed by atoms with Crippen molar-refractivity contribution < 1.29 is 24.2 Å². The number of halogens is 1. The molecule has 3 aliphatic heterocycles. The molecule has 0 spiro atoms. The Morgan fingerprint density at radius 2 is 1.78 bits per heavy atom. The summed E-state index contributed by atoms with van der Waals surface area (Å²) in [5, 5.41) is 12.2. The lowest BCUT2D eigenvalue weighted by atomic mass is 9.85. The van der Waals surface area contributed by atoms with Gasteiger partial charge in [0.05, 0.1) is 18.6 Å². The Bertz CT molecular complexity index is 865. The van der Waals surface area contributed by atoms with Crippen molar-refractivity contribution in [1.82, 2.24) is 15.1 Å². The van der Waals surface area contributed by atoms with Crippen LogP contribution in [-0.4, -0.2) is 78.8 Å². The van der Waals surface area contributed by atoms with Crippen molar-refractivity contribution in [2.24, 2.45) is 17.3 Å². The maximum absolute atomic E-state index is 13.3. The van der Waals surface area contributed by atoms with Gasteiger partial charge < -0.3 is 25.0 Å². The van der Waals surface area contributed by atoms with E-state index in [1.54, 1.807) is 0 Å². The van der Waals surface area contributed by atoms with Gasteiger partial charge in [0.2, 0.25) is 11.8 Å². The summed E-state index contributed by atoms with van der Waals surface area (Å²) in [7, 11) is 0. The normalized spacial score (nSPS) is 25.3. The predicted octanol–water partition coefficient (Wildman–Crippen LogP) is 2.42. The Morgan fingerprint density at radius 1 is 1.12 bits per heavy atom. The molecule has 4 rings (SSSR count). The molecule has 3 saturated heterocycles. The van der Waals surface area contributed by atoms with Crippen molar-refractivity contribution in [2.45, 2.75) is 25.7 Å². The van der Waals surface area contributed by atoms with Crippen LogP contribution in [0.25, 0.3) is 0 Å². The van der Waals surface area contributed by atoms with E-state index in [0.29, 0.717) is 63.8 Å². The molecule has 174 valence electrons. The number of hydrogen-bond donors (Lipinski definition) is 2. The number of piperidine rings is 1. The number of carbonyl (C=O) groups is 3. The van der Waals surface area contributed by atoms with E-state index in [4.69, 9.17) is 21.4 Å². The molecule has 9 heteroatoms. The van der Waals surface area contributed by atoms with Crippen LogP contribution in [0.15, 0.2) is 24.3 Å². The lowest BCUT2D eigenvalue weighted by Crippen LogP contribution is -2.55. The van der Waals surface area contributed by atoms with Gasteiger partial charge in [-0.2, -0.15) is 0 Å². The second-order valence-electron chi connectivity index (χ2n) is 9.47. The number of nitrogens with one attached hydrogen (secondary N) is 1. The molecular formula is C23H30ClN3O5. The van der Waals surface area contributed by atoms with Gasteiger partial charge in [0.25, 0.3) is 0 Å². The highest BCUT2D eigenvalue weighted by molar-refractivity contribution is 6.30. The predicted molar refractivity (Wildman–Crippen MR) is 119 cm³/mol. The van der Waals surface area contributed by atoms with Gasteiger partial charge in [-0.15, -0.1) is 0 Å². The molecule has 0 unspecified atom stereocenters. The Hall–Kier alpha value is -2.32. The summed E-state index contributed by atoms with van der Waals surface area (Å²) in [5.41, 5.74) is 0.639. The highest BCUT2D eigenvalue weighted by Crippen LogP contribution is 2.36. The number of rotatable bonds is 5. The van der Waals surface area contributed by atoms with Crippen LogP contribution in [0.3, 0.4) is 0 Å². The van der Waals surface area contributed by atoms with Crippen molar-refractivity contribution in [1.29, 1.82) is 0 Å². The van der Waals surface area contributed by atoms with Crippen molar-refractivity contribution in [3.8, 4) is 0 Å². The minimum atomic E-state index is -1.06. The molecule has 3 fully saturated rings. The quantitative estimate of drug-likeness (QED) is 0.698. The Balaban J connectivity index is 1.38. The number of carboxylic acid groups (broad SMARTS) is 1. The van der Waals surface area contributed by atoms with E-state index in [9.17, 15) is 14.4 Å². The molecular weight excluding hydrogens is 434 g/mol. The van der Waals surface area contributed by atoms with Crippen LogP contribution in [0.2, 0.25) is 5.02 Å². The number of hydrogen-bond acceptors (Lipinski definition) is 4. The molecule has 1 aromatic carbocycles. The maximum Gasteiger partial charge on any atom is 0.404 e. The first-order chi connectivity index (χ1) is 15.3. The van der Waals surface area contributed by atoms with Crippen molar-refractivity contribution in [3.05, 3.63) is 34.9 Å². The topological polar surface area (TPSA) is 99.2 Å². The molecule has 2 atom stereocenters. The maximum atomic E-state index is 13.3. The monoisotopic (exact) mass is 463 g/mol. The summed E-state index contributed by atoms with van der Waals surface area (Å²) >= 11 is 6.02. The third-order valence-electron chi connectivity index (χ3n) is 7.06. The molecule has 32 heavy (non-hydrogen) atoms. The van der Waals surface area contributed by atoms with E-state index in [2.05, 4.69) is 5.32 Å². The SMILES string of the molecule is CC1(C(=O)N2CCC(C(=O)N3C[C@H](CNC(=O)O)[C@H](c4ccc(Cl)cc4)C3)CC2)COC1. The molecule has 0 aromatic heterocycles. The lowest BCUT2D eigenvalue weighted by Gasteiger charge is -2.42. The molecule has 2 N–H and O–H groups in total. The number of ether oxygens (including phenoxy) is 1. The van der Waals surface area contributed by atoms with Gasteiger partial charge in [-0.3, -0.25) is 9.59 Å². The number of likely N-dealkylation sites (tertiary alicyclic amines) is 2. The van der Waals surface area contributed by atoms with Crippen LogP contribution >= 0.6 is 11.6 Å². The average molecular weight is 464 g/mol. The second-order valence-corrected chi connectivity index (χ2v) is 9.90. The summed E-state index contributed by atoms with van der Waals surface area (Å²) < 4.78 is 5.22. The molecule has 3 aliphatic rings. The van der Waals surface area contributed by atoms with E-state index in [1.807, 2.05) is 41.0 Å². The minimum Gasteiger partial charge on any atom is -0.465 e. The van der Waals surface area contributed by atoms with Crippen LogP contribution in [0.4, 0.5) is 4.79 Å². The molecule has 8 nitrogen and oxygen atoms in total. The van der Waals surface area contributed by atoms with Crippen LogP contribution in [-0.2, 0) is 14.3 Å². The first-order valence-electron chi connectivity index (χ1n) is 11.1. The third-order valence-corrected chi connectivity index (χ3v) is 7.31. The Labute approximate surface area is 192 Å². The smallest absolute Gasteiger partial charge is 0.404 e. The largest absolute Gasteiger partial charge is 0.465 e. The van der Waals surface area contributed by atoms with Gasteiger partial charge in [0.15, 0.2) is 0 Å². The van der Waals surface area contributed by atoms with Gasteiger partial charge in [-0.25, -0.2) is 4.79 Å². The Kier molecular flexibility index (Phi) is 6.62. The van der Waals surface area contributed by atoms with Crippen LogP contribution < -0.4 is 5.32 Å². The number of amides is 3. The van der Waals surface area contributed by atoms with Crippen molar-refractivity contribution in [3.63, 3.8) is 0 Å². The van der Waals surface area contributed by atoms with Crippen molar-refractivity contribution >= 4 is 29.5 Å². The van der Waals surface area contributed by atoms with E-state index < -0.39 is 11.5 Å². The standard InChI is InChI=1S/C23H30ClN3O5/c1-23(13-32-14-23)21(29)26-8-6-16(7-9-26)20(28)27-11-17(10-25-22(30)31)19(12-27)15-2-4-18(24)5-3-15/h2-5,16-17,19,25H,6-14H2,1H3,(H,30,31)/t17-,19-/m0/s1. The third kappa shape index (κ3) is 4.71. The van der Waals surface area contributed by atoms with Crippen LogP contribution in [0.1, 0.15) is 31.2 Å². The fourth-order valence-corrected chi connectivity index (χ4v) is 5.19. The van der Waals surface area contributed by atoms with E-state index >= 15 is 0 Å². The average Bonchev–Trinajstić information content (AvgIpc) is 3.20. The lowest BCUT2D eigenvalue weighted by molar-refractivity contribution is -0.170. The summed E-state index contributed by atoms with van der Waals surface area (Å²) in [6, 6.07) is 7.54. The fourth-order valence-electron chi connectivity index (χ4n) is 5.07. The summed E-state index contributed by atoms with van der Waals surface area (Å²) in [6.07, 6.45) is 0.246. The minimum absolute atomic E-state index is 0.00328. The zero-order chi connectivity index (χ0) is 22.9. The van der Waals surface area contributed by atoms with Gasteiger partial charge in [0, 0.05) is 55.5 Å². The van der Waals surface area contributed by atoms with Crippen LogP contribution in [0.5, 0.6) is 0 Å². The molecule has 0 bridgehead atoms. The van der Waals surface area contributed by atoms with E-state index in [-0.39, 0.29) is 29.6 Å². The summed E-state index contributed by atoms with van der Waals surface area (Å²) in [5.74, 6) is 0.159. The van der Waals surface area contributed by atoms with Gasteiger partial charge >= 0.3 is 6.09 Å². The number of benzene rings is 1. The van der Waals surface area contributed by atoms with E-state index in [1.165, 1.54) is 0 Å². The molecule has 1 aromatic rings. The van der Waals surface area contributed by atoms with Gasteiger partial charge in [0.1, 0.15) is 0 Å². The number of carbonyl (C=O) groups excluding carboxylic acids is 2. The summed E-state index contributed by atoms with van der Waals surface area (Å²) in [4.78, 5) is 40.8. The van der Waals surface area contributed by atoms with E-state index in [0.717, 1.165) is 5.56 Å². The van der Waals surface area contributed by atoms with Gasteiger partial charge in [-0.1, -0.05) is 23.7 Å². The molecule has 3 heterocycles. The molecule has 0 saturated carbocycles. The number of nitrogens with zero attached hydrogens (tertiary/aromatic N) is 2. The van der Waals surface area contributed by atoms with Gasteiger partial charge in [-0.05, 0) is 37.5 Å². The van der Waals surface area contributed by atoms with Crippen molar-refractivity contribution in [2.75, 3.05) is 45.9 Å². The fraction of sp³-hybridized carbons (Fsp3) is 0.609. The zero-order valence-corrected chi connectivity index (χ0v) is 19.0. The zero-order valence-electron chi connectivity index (χ0n) is 18.3. The summed E-state index contributed by atoms with van der Waals surface area (Å²) in [6.45, 7) is 5.41. The van der Waals surface area contributed by atoms with Crippen LogP contribution in [0, 0.1) is 17.3 Å². The highest BCUT2D eigenvalue weighted by atomic mass is 35.5.